The number of primary amides is 1. The molecule has 1 amide bonds. The highest BCUT2D eigenvalue weighted by molar-refractivity contribution is 7.16. The second kappa shape index (κ2) is 3.19. The lowest BCUT2D eigenvalue weighted by Crippen LogP contribution is -2.20. The number of carbonyl (C=O) groups excluding carboxylic acids is 1. The minimum atomic E-state index is -0.697. The minimum absolute atomic E-state index is 0.0236. The maximum atomic E-state index is 11.6. The van der Waals surface area contributed by atoms with Crippen molar-refractivity contribution in [2.24, 2.45) is 5.73 Å². The zero-order valence-electron chi connectivity index (χ0n) is 7.06. The summed E-state index contributed by atoms with van der Waals surface area (Å²) in [4.78, 5) is 27.1. The monoisotopic (exact) mass is 206 g/mol. The Kier molecular flexibility index (Phi) is 2.01. The maximum absolute atomic E-state index is 11.6. The molecule has 0 radical (unpaired) electrons. The zero-order chi connectivity index (χ0) is 10.1. The van der Waals surface area contributed by atoms with Crippen molar-refractivity contribution in [3.05, 3.63) is 39.5 Å². The van der Waals surface area contributed by atoms with Crippen LogP contribution in [0.3, 0.4) is 0 Å². The van der Waals surface area contributed by atoms with Gasteiger partial charge in [0.1, 0.15) is 4.83 Å². The molecular formula is C9H6N2O2S. The van der Waals surface area contributed by atoms with Gasteiger partial charge >= 0.3 is 0 Å². The number of hydrogen-bond donors (Lipinski definition) is 1. The Morgan fingerprint density at radius 3 is 3.00 bits per heavy atom. The summed E-state index contributed by atoms with van der Waals surface area (Å²) in [6.07, 6.45) is 1.60. The third-order valence-electron chi connectivity index (χ3n) is 1.81. The van der Waals surface area contributed by atoms with Crippen LogP contribution < -0.4 is 11.2 Å². The molecule has 0 aromatic carbocycles. The summed E-state index contributed by atoms with van der Waals surface area (Å²) in [6.45, 7) is 0. The molecule has 0 aliphatic carbocycles. The van der Waals surface area contributed by atoms with Gasteiger partial charge in [0.2, 0.25) is 5.43 Å². The van der Waals surface area contributed by atoms with Crippen molar-refractivity contribution in [1.29, 1.82) is 0 Å². The Morgan fingerprint density at radius 1 is 1.50 bits per heavy atom. The van der Waals surface area contributed by atoms with Gasteiger partial charge in [0.15, 0.2) is 0 Å². The van der Waals surface area contributed by atoms with Crippen molar-refractivity contribution >= 4 is 27.5 Å². The van der Waals surface area contributed by atoms with E-state index in [0.717, 1.165) is 0 Å². The summed E-state index contributed by atoms with van der Waals surface area (Å²) in [7, 11) is 0. The molecule has 0 atom stereocenters. The van der Waals surface area contributed by atoms with E-state index in [4.69, 9.17) is 5.73 Å². The molecule has 0 spiro atoms. The number of aromatic nitrogens is 1. The van der Waals surface area contributed by atoms with Gasteiger partial charge in [0.25, 0.3) is 5.91 Å². The fourth-order valence-electron chi connectivity index (χ4n) is 1.14. The van der Waals surface area contributed by atoms with E-state index in [0.29, 0.717) is 10.2 Å². The number of fused-ring (bicyclic) bond motifs is 1. The Labute approximate surface area is 83.0 Å². The predicted molar refractivity (Wildman–Crippen MR) is 54.4 cm³/mol. The summed E-state index contributed by atoms with van der Waals surface area (Å²) in [5.74, 6) is -0.697. The standard InChI is InChI=1S/C9H6N2O2S/c10-8(13)6-4-14-9-5(7(6)12)2-1-3-11-9/h1-4H,(H2,10,13). The zero-order valence-corrected chi connectivity index (χ0v) is 7.88. The molecule has 2 heterocycles. The van der Waals surface area contributed by atoms with Gasteiger partial charge < -0.3 is 5.73 Å². The van der Waals surface area contributed by atoms with E-state index in [1.807, 2.05) is 0 Å². The van der Waals surface area contributed by atoms with Gasteiger partial charge in [0.05, 0.1) is 10.9 Å². The molecule has 2 N–H and O–H groups in total. The molecule has 0 fully saturated rings. The molecule has 0 aliphatic rings. The molecule has 0 saturated carbocycles. The molecule has 0 bridgehead atoms. The molecule has 14 heavy (non-hydrogen) atoms. The number of rotatable bonds is 1. The Bertz CT molecular complexity index is 562. The third-order valence-corrected chi connectivity index (χ3v) is 2.72. The van der Waals surface area contributed by atoms with E-state index in [-0.39, 0.29) is 11.0 Å². The summed E-state index contributed by atoms with van der Waals surface area (Å²) in [5.41, 5.74) is 4.73. The number of nitrogens with zero attached hydrogens (tertiary/aromatic N) is 1. The lowest BCUT2D eigenvalue weighted by atomic mass is 10.2. The molecule has 2 aromatic heterocycles. The van der Waals surface area contributed by atoms with Crippen molar-refractivity contribution < 1.29 is 4.79 Å². The number of pyridine rings is 1. The second-order valence-electron chi connectivity index (χ2n) is 2.70. The van der Waals surface area contributed by atoms with Crippen molar-refractivity contribution in [3.8, 4) is 0 Å². The lowest BCUT2D eigenvalue weighted by molar-refractivity contribution is 0.1000. The topological polar surface area (TPSA) is 73.1 Å². The molecule has 5 heteroatoms. The first-order valence-corrected chi connectivity index (χ1v) is 4.74. The first kappa shape index (κ1) is 8.83. The molecule has 4 nitrogen and oxygen atoms in total. The molecule has 70 valence electrons. The minimum Gasteiger partial charge on any atom is -0.365 e. The van der Waals surface area contributed by atoms with E-state index < -0.39 is 5.91 Å². The van der Waals surface area contributed by atoms with Gasteiger partial charge in [0, 0.05) is 11.6 Å². The van der Waals surface area contributed by atoms with E-state index in [1.54, 1.807) is 18.3 Å². The number of nitrogens with two attached hydrogens (primary N) is 1. The molecule has 0 unspecified atom stereocenters. The first-order chi connectivity index (χ1) is 6.70. The number of amides is 1. The van der Waals surface area contributed by atoms with E-state index in [9.17, 15) is 9.59 Å². The third kappa shape index (κ3) is 1.27. The highest BCUT2D eigenvalue weighted by atomic mass is 32.1. The van der Waals surface area contributed by atoms with Crippen LogP contribution in [0.1, 0.15) is 10.4 Å². The van der Waals surface area contributed by atoms with Crippen LogP contribution in [0.15, 0.2) is 28.5 Å². The molecule has 2 rings (SSSR count). The van der Waals surface area contributed by atoms with Crippen LogP contribution in [0, 0.1) is 0 Å². The summed E-state index contributed by atoms with van der Waals surface area (Å²) >= 11 is 1.23. The van der Waals surface area contributed by atoms with Crippen LogP contribution >= 0.6 is 11.3 Å². The average Bonchev–Trinajstić information content (AvgIpc) is 2.18. The van der Waals surface area contributed by atoms with Crippen LogP contribution in [0.2, 0.25) is 0 Å². The van der Waals surface area contributed by atoms with Gasteiger partial charge in [-0.2, -0.15) is 0 Å². The predicted octanol–water partition coefficient (Wildman–Crippen LogP) is 0.755. The molecular weight excluding hydrogens is 200 g/mol. The van der Waals surface area contributed by atoms with Crippen molar-refractivity contribution in [1.82, 2.24) is 4.98 Å². The second-order valence-corrected chi connectivity index (χ2v) is 3.56. The summed E-state index contributed by atoms with van der Waals surface area (Å²) < 4.78 is 0. The SMILES string of the molecule is NC(=O)c1csc2ncccc2c1=O. The van der Waals surface area contributed by atoms with Gasteiger partial charge in [-0.25, -0.2) is 4.98 Å². The Morgan fingerprint density at radius 2 is 2.29 bits per heavy atom. The van der Waals surface area contributed by atoms with Crippen LogP contribution in [0.5, 0.6) is 0 Å². The highest BCUT2D eigenvalue weighted by Crippen LogP contribution is 2.12. The van der Waals surface area contributed by atoms with Crippen molar-refractivity contribution in [2.75, 3.05) is 0 Å². The molecule has 0 aliphatic heterocycles. The quantitative estimate of drug-likeness (QED) is 0.748. The smallest absolute Gasteiger partial charge is 0.253 e. The van der Waals surface area contributed by atoms with E-state index in [2.05, 4.69) is 4.98 Å². The Hall–Kier alpha value is -1.75. The van der Waals surface area contributed by atoms with Crippen molar-refractivity contribution in [3.63, 3.8) is 0 Å². The normalized spacial score (nSPS) is 10.3. The largest absolute Gasteiger partial charge is 0.365 e. The average molecular weight is 206 g/mol. The van der Waals surface area contributed by atoms with Gasteiger partial charge in [-0.05, 0) is 12.1 Å². The van der Waals surface area contributed by atoms with E-state index in [1.165, 1.54) is 16.7 Å². The maximum Gasteiger partial charge on any atom is 0.253 e. The summed E-state index contributed by atoms with van der Waals surface area (Å²) in [5, 5.41) is 1.88. The summed E-state index contributed by atoms with van der Waals surface area (Å²) in [6, 6.07) is 3.29. The van der Waals surface area contributed by atoms with Crippen LogP contribution in [0.25, 0.3) is 10.2 Å². The first-order valence-electron chi connectivity index (χ1n) is 3.86. The molecule has 2 aromatic rings. The Balaban J connectivity index is 2.89. The van der Waals surface area contributed by atoms with Gasteiger partial charge in [-0.1, -0.05) is 0 Å². The number of hydrogen-bond acceptors (Lipinski definition) is 4. The molecule has 0 saturated heterocycles. The highest BCUT2D eigenvalue weighted by Gasteiger charge is 2.09. The van der Waals surface area contributed by atoms with Gasteiger partial charge in [-0.3, -0.25) is 9.59 Å². The lowest BCUT2D eigenvalue weighted by Gasteiger charge is -1.96. The van der Waals surface area contributed by atoms with Crippen LogP contribution in [0.4, 0.5) is 0 Å². The fourth-order valence-corrected chi connectivity index (χ4v) is 2.00. The number of carbonyl (C=O) groups is 1. The van der Waals surface area contributed by atoms with Crippen molar-refractivity contribution in [2.45, 2.75) is 0 Å². The van der Waals surface area contributed by atoms with E-state index >= 15 is 0 Å². The van der Waals surface area contributed by atoms with Crippen LogP contribution in [-0.4, -0.2) is 10.9 Å². The van der Waals surface area contributed by atoms with Gasteiger partial charge in [-0.15, -0.1) is 11.3 Å². The van der Waals surface area contributed by atoms with Crippen LogP contribution in [-0.2, 0) is 0 Å². The fraction of sp³-hybridized carbons (Fsp3) is 0.